The molecular weight excluding hydrogens is 350 g/mol. The van der Waals surface area contributed by atoms with Gasteiger partial charge in [-0.1, -0.05) is 18.9 Å². The second-order valence-electron chi connectivity index (χ2n) is 5.87. The number of urea groups is 1. The van der Waals surface area contributed by atoms with Crippen LogP contribution in [0.5, 0.6) is 0 Å². The highest BCUT2D eigenvalue weighted by atomic mass is 32.1. The second-order valence-corrected chi connectivity index (χ2v) is 6.35. The number of hydrogen-bond acceptors (Lipinski definition) is 6. The maximum Gasteiger partial charge on any atom is 0.333 e. The molecule has 26 heavy (non-hydrogen) atoms. The van der Waals surface area contributed by atoms with Crippen molar-refractivity contribution in [3.63, 3.8) is 0 Å². The summed E-state index contributed by atoms with van der Waals surface area (Å²) in [6.45, 7) is 7.98. The van der Waals surface area contributed by atoms with Crippen molar-refractivity contribution in [1.82, 2.24) is 29.0 Å². The molecule has 8 nitrogen and oxygen atoms in total. The highest BCUT2D eigenvalue weighted by Crippen LogP contribution is 2.19. The fourth-order valence-corrected chi connectivity index (χ4v) is 2.40. The molecule has 3 rings (SSSR count). The van der Waals surface area contributed by atoms with Crippen LogP contribution in [0.15, 0.2) is 43.2 Å². The molecule has 0 radical (unpaired) electrons. The van der Waals surface area contributed by atoms with Crippen molar-refractivity contribution >= 4 is 35.8 Å². The average molecular weight is 369 g/mol. The molecule has 3 aromatic heterocycles. The fourth-order valence-electron chi connectivity index (χ4n) is 2.23. The van der Waals surface area contributed by atoms with Gasteiger partial charge in [0, 0.05) is 12.2 Å². The minimum atomic E-state index is -0.403. The first-order valence-electron chi connectivity index (χ1n) is 8.05. The first-order chi connectivity index (χ1) is 12.5. The van der Waals surface area contributed by atoms with Crippen LogP contribution in [0.2, 0.25) is 0 Å². The van der Waals surface area contributed by atoms with Crippen LogP contribution in [0.3, 0.4) is 0 Å². The van der Waals surface area contributed by atoms with Gasteiger partial charge >= 0.3 is 6.03 Å². The number of aromatic nitrogens is 5. The van der Waals surface area contributed by atoms with Crippen molar-refractivity contribution in [3.8, 4) is 11.4 Å². The number of nitrogens with zero attached hydrogens (tertiary/aromatic N) is 6. The van der Waals surface area contributed by atoms with E-state index in [0.717, 1.165) is 5.69 Å². The van der Waals surface area contributed by atoms with Gasteiger partial charge in [0.2, 0.25) is 0 Å². The third-order valence-corrected chi connectivity index (χ3v) is 3.92. The third-order valence-electron chi connectivity index (χ3n) is 3.58. The molecule has 0 aliphatic heterocycles. The maximum absolute atomic E-state index is 12.0. The summed E-state index contributed by atoms with van der Waals surface area (Å²) < 4.78 is 3.05. The molecule has 0 saturated carbocycles. The summed E-state index contributed by atoms with van der Waals surface area (Å²) in [7, 11) is 0. The van der Waals surface area contributed by atoms with Crippen molar-refractivity contribution < 1.29 is 4.79 Å². The summed E-state index contributed by atoms with van der Waals surface area (Å²) in [5.41, 5.74) is 2.39. The Morgan fingerprint density at radius 2 is 2.15 bits per heavy atom. The Hall–Kier alpha value is -2.94. The molecule has 3 aromatic rings. The molecule has 134 valence electrons. The number of carbonyl (C=O) groups is 1. The van der Waals surface area contributed by atoms with Crippen molar-refractivity contribution in [2.75, 3.05) is 11.9 Å². The van der Waals surface area contributed by atoms with Crippen molar-refractivity contribution in [1.29, 1.82) is 0 Å². The summed E-state index contributed by atoms with van der Waals surface area (Å²) in [6, 6.07) is 5.15. The number of amides is 2. The minimum Gasteiger partial charge on any atom is -0.291 e. The summed E-state index contributed by atoms with van der Waals surface area (Å²) in [5.74, 6) is 0.366. The van der Waals surface area contributed by atoms with Gasteiger partial charge in [0.15, 0.2) is 5.65 Å². The monoisotopic (exact) mass is 369 g/mol. The molecule has 0 saturated heterocycles. The van der Waals surface area contributed by atoms with Gasteiger partial charge in [-0.05, 0) is 32.0 Å². The predicted molar refractivity (Wildman–Crippen MR) is 104 cm³/mol. The van der Waals surface area contributed by atoms with Crippen LogP contribution in [0, 0.1) is 0 Å². The SMILES string of the molecule is C=CCN(S)C(=O)Nc1ccc2ncc(-c3ccn(C(C)C)n3)nc2n1. The molecule has 2 amide bonds. The number of nitrogens with one attached hydrogen (secondary N) is 1. The Labute approximate surface area is 156 Å². The zero-order valence-corrected chi connectivity index (χ0v) is 15.4. The highest BCUT2D eigenvalue weighted by Gasteiger charge is 2.12. The van der Waals surface area contributed by atoms with Crippen molar-refractivity contribution in [3.05, 3.63) is 43.2 Å². The number of carbonyl (C=O) groups excluding carboxylic acids is 1. The number of rotatable bonds is 5. The molecule has 3 heterocycles. The minimum absolute atomic E-state index is 0.261. The fraction of sp³-hybridized carbons (Fsp3) is 0.235. The van der Waals surface area contributed by atoms with Gasteiger partial charge in [-0.25, -0.2) is 14.8 Å². The summed E-state index contributed by atoms with van der Waals surface area (Å²) in [5, 5.41) is 7.15. The maximum atomic E-state index is 12.0. The number of pyridine rings is 1. The van der Waals surface area contributed by atoms with E-state index in [1.807, 2.05) is 16.9 Å². The summed E-state index contributed by atoms with van der Waals surface area (Å²) in [4.78, 5) is 25.2. The van der Waals surface area contributed by atoms with Crippen molar-refractivity contribution in [2.45, 2.75) is 19.9 Å². The smallest absolute Gasteiger partial charge is 0.291 e. The molecule has 0 aromatic carbocycles. The van der Waals surface area contributed by atoms with Gasteiger partial charge in [0.1, 0.15) is 22.7 Å². The molecule has 9 heteroatoms. The van der Waals surface area contributed by atoms with Gasteiger partial charge in [-0.3, -0.25) is 19.3 Å². The number of thiol groups is 1. The zero-order chi connectivity index (χ0) is 18.7. The van der Waals surface area contributed by atoms with Crippen LogP contribution in [0.4, 0.5) is 10.6 Å². The molecule has 0 bridgehead atoms. The third kappa shape index (κ3) is 3.83. The average Bonchev–Trinajstić information content (AvgIpc) is 3.11. The first kappa shape index (κ1) is 17.9. The largest absolute Gasteiger partial charge is 0.333 e. The lowest BCUT2D eigenvalue weighted by Gasteiger charge is -2.13. The highest BCUT2D eigenvalue weighted by molar-refractivity contribution is 7.78. The lowest BCUT2D eigenvalue weighted by molar-refractivity contribution is 0.241. The van der Waals surface area contributed by atoms with E-state index in [1.165, 1.54) is 4.31 Å². The lowest BCUT2D eigenvalue weighted by Crippen LogP contribution is -2.27. The van der Waals surface area contributed by atoms with E-state index in [1.54, 1.807) is 24.4 Å². The van der Waals surface area contributed by atoms with Gasteiger partial charge in [0.25, 0.3) is 0 Å². The molecule has 0 unspecified atom stereocenters. The van der Waals surface area contributed by atoms with Gasteiger partial charge in [0.05, 0.1) is 12.7 Å². The molecule has 0 aliphatic rings. The Morgan fingerprint density at radius 3 is 2.85 bits per heavy atom. The Balaban J connectivity index is 1.88. The van der Waals surface area contributed by atoms with Gasteiger partial charge in [-0.15, -0.1) is 6.58 Å². The van der Waals surface area contributed by atoms with Crippen LogP contribution in [0.1, 0.15) is 19.9 Å². The van der Waals surface area contributed by atoms with E-state index in [9.17, 15) is 4.79 Å². The van der Waals surface area contributed by atoms with E-state index in [2.05, 4.69) is 58.6 Å². The number of anilines is 1. The van der Waals surface area contributed by atoms with Gasteiger partial charge in [-0.2, -0.15) is 5.10 Å². The summed E-state index contributed by atoms with van der Waals surface area (Å²) >= 11 is 4.08. The Bertz CT molecular complexity index is 953. The van der Waals surface area contributed by atoms with E-state index >= 15 is 0 Å². The lowest BCUT2D eigenvalue weighted by atomic mass is 10.3. The molecule has 0 aliphatic carbocycles. The molecule has 1 N–H and O–H groups in total. The van der Waals surface area contributed by atoms with Crippen LogP contribution < -0.4 is 5.32 Å². The quantitative estimate of drug-likeness (QED) is 0.532. The number of fused-ring (bicyclic) bond motifs is 1. The summed E-state index contributed by atoms with van der Waals surface area (Å²) in [6.07, 6.45) is 5.14. The van der Waals surface area contributed by atoms with Crippen LogP contribution in [-0.4, -0.2) is 41.6 Å². The normalized spacial score (nSPS) is 10.9. The predicted octanol–water partition coefficient (Wildman–Crippen LogP) is 3.33. The van der Waals surface area contributed by atoms with E-state index in [0.29, 0.717) is 29.2 Å². The second kappa shape index (κ2) is 7.52. The molecule has 0 atom stereocenters. The van der Waals surface area contributed by atoms with Gasteiger partial charge < -0.3 is 0 Å². The van der Waals surface area contributed by atoms with E-state index in [-0.39, 0.29) is 6.04 Å². The standard InChI is InChI=1S/C17H19N7OS/c1-4-8-24(26)17(25)21-15-6-5-13-16(20-15)19-14(10-18-13)12-7-9-23(22-12)11(2)3/h4-7,9-11,26H,1,8H2,2-3H3,(H,19,20,21,25). The number of hydrogen-bond donors (Lipinski definition) is 2. The van der Waals surface area contributed by atoms with Crippen LogP contribution >= 0.6 is 12.8 Å². The molecule has 0 spiro atoms. The first-order valence-corrected chi connectivity index (χ1v) is 8.45. The van der Waals surface area contributed by atoms with Crippen molar-refractivity contribution in [2.24, 2.45) is 0 Å². The Kier molecular flexibility index (Phi) is 5.17. The van der Waals surface area contributed by atoms with E-state index in [4.69, 9.17) is 0 Å². The van der Waals surface area contributed by atoms with E-state index < -0.39 is 6.03 Å². The Morgan fingerprint density at radius 1 is 1.35 bits per heavy atom. The molecular formula is C17H19N7OS. The zero-order valence-electron chi connectivity index (χ0n) is 14.5. The molecule has 0 fully saturated rings. The van der Waals surface area contributed by atoms with Crippen LogP contribution in [0.25, 0.3) is 22.6 Å². The topological polar surface area (TPSA) is 88.8 Å². The van der Waals surface area contributed by atoms with Crippen LogP contribution in [-0.2, 0) is 0 Å².